The number of ether oxygens (including phenoxy) is 2. The Bertz CT molecular complexity index is 1090. The van der Waals surface area contributed by atoms with Gasteiger partial charge in [0.2, 0.25) is 0 Å². The second kappa shape index (κ2) is 8.02. The maximum absolute atomic E-state index is 13.3. The molecule has 0 radical (unpaired) electrons. The SMILES string of the molecule is COc1ccc(/C=C2\N=C(c3ccccc3)N(c3cccc(OC)c3)C2=O)cc1. The standard InChI is InChI=1S/C24H20N2O3/c1-28-20-13-11-17(12-14-20)15-22-24(27)26(19-9-6-10-21(16-19)29-2)23(25-22)18-7-4-3-5-8-18/h3-16H,1-2H3/b22-15-. The van der Waals surface area contributed by atoms with Gasteiger partial charge < -0.3 is 9.47 Å². The van der Waals surface area contributed by atoms with Gasteiger partial charge in [-0.3, -0.25) is 9.69 Å². The first-order valence-corrected chi connectivity index (χ1v) is 9.18. The Hall–Kier alpha value is -3.86. The average Bonchev–Trinajstić information content (AvgIpc) is 3.11. The van der Waals surface area contributed by atoms with E-state index in [0.29, 0.717) is 23.0 Å². The third kappa shape index (κ3) is 3.75. The van der Waals surface area contributed by atoms with Gasteiger partial charge >= 0.3 is 0 Å². The Balaban J connectivity index is 1.79. The van der Waals surface area contributed by atoms with Gasteiger partial charge in [-0.15, -0.1) is 0 Å². The lowest BCUT2D eigenvalue weighted by atomic mass is 10.1. The van der Waals surface area contributed by atoms with Crippen LogP contribution in [0.4, 0.5) is 5.69 Å². The summed E-state index contributed by atoms with van der Waals surface area (Å²) in [5.74, 6) is 1.84. The zero-order valence-electron chi connectivity index (χ0n) is 16.2. The van der Waals surface area contributed by atoms with Gasteiger partial charge in [-0.25, -0.2) is 4.99 Å². The van der Waals surface area contributed by atoms with E-state index in [1.54, 1.807) is 25.2 Å². The van der Waals surface area contributed by atoms with E-state index in [2.05, 4.69) is 4.99 Å². The number of hydrogen-bond acceptors (Lipinski definition) is 4. The van der Waals surface area contributed by atoms with E-state index >= 15 is 0 Å². The Labute approximate surface area is 169 Å². The van der Waals surface area contributed by atoms with E-state index in [1.807, 2.05) is 78.9 Å². The predicted molar refractivity (Wildman–Crippen MR) is 114 cm³/mol. The second-order valence-corrected chi connectivity index (χ2v) is 6.45. The summed E-state index contributed by atoms with van der Waals surface area (Å²) in [5, 5.41) is 0. The average molecular weight is 384 g/mol. The monoisotopic (exact) mass is 384 g/mol. The number of amides is 1. The molecule has 0 fully saturated rings. The quantitative estimate of drug-likeness (QED) is 0.607. The van der Waals surface area contributed by atoms with E-state index in [9.17, 15) is 4.79 Å². The molecule has 5 heteroatoms. The lowest BCUT2D eigenvalue weighted by molar-refractivity contribution is -0.113. The molecule has 0 aliphatic carbocycles. The normalized spacial score (nSPS) is 14.8. The van der Waals surface area contributed by atoms with Crippen molar-refractivity contribution in [2.24, 2.45) is 4.99 Å². The molecule has 0 aromatic heterocycles. The smallest absolute Gasteiger partial charge is 0.282 e. The van der Waals surface area contributed by atoms with Crippen molar-refractivity contribution in [1.29, 1.82) is 0 Å². The van der Waals surface area contributed by atoms with Gasteiger partial charge in [0.15, 0.2) is 0 Å². The molecule has 1 heterocycles. The Morgan fingerprint density at radius 2 is 1.55 bits per heavy atom. The topological polar surface area (TPSA) is 51.1 Å². The van der Waals surface area contributed by atoms with Crippen molar-refractivity contribution in [2.75, 3.05) is 19.1 Å². The fraction of sp³-hybridized carbons (Fsp3) is 0.0833. The van der Waals surface area contributed by atoms with Crippen molar-refractivity contribution in [2.45, 2.75) is 0 Å². The van der Waals surface area contributed by atoms with Gasteiger partial charge in [0.1, 0.15) is 23.0 Å². The van der Waals surface area contributed by atoms with E-state index in [-0.39, 0.29) is 5.91 Å². The van der Waals surface area contributed by atoms with E-state index in [0.717, 1.165) is 16.9 Å². The minimum Gasteiger partial charge on any atom is -0.497 e. The van der Waals surface area contributed by atoms with Crippen LogP contribution in [0.25, 0.3) is 6.08 Å². The summed E-state index contributed by atoms with van der Waals surface area (Å²) in [7, 11) is 3.22. The van der Waals surface area contributed by atoms with Gasteiger partial charge in [0.25, 0.3) is 5.91 Å². The zero-order valence-corrected chi connectivity index (χ0v) is 16.2. The maximum atomic E-state index is 13.3. The van der Waals surface area contributed by atoms with Crippen LogP contribution >= 0.6 is 0 Å². The number of hydrogen-bond donors (Lipinski definition) is 0. The molecule has 4 rings (SSSR count). The molecule has 29 heavy (non-hydrogen) atoms. The highest BCUT2D eigenvalue weighted by molar-refractivity contribution is 6.33. The molecular formula is C24H20N2O3. The summed E-state index contributed by atoms with van der Waals surface area (Å²) in [6.45, 7) is 0. The summed E-state index contributed by atoms with van der Waals surface area (Å²) < 4.78 is 10.5. The summed E-state index contributed by atoms with van der Waals surface area (Å²) >= 11 is 0. The molecule has 144 valence electrons. The molecule has 0 saturated carbocycles. The van der Waals surface area contributed by atoms with E-state index in [1.165, 1.54) is 0 Å². The first kappa shape index (κ1) is 18.5. The number of amidine groups is 1. The third-order valence-electron chi connectivity index (χ3n) is 4.62. The number of carbonyl (C=O) groups excluding carboxylic acids is 1. The highest BCUT2D eigenvalue weighted by atomic mass is 16.5. The highest BCUT2D eigenvalue weighted by Gasteiger charge is 2.32. The molecule has 3 aromatic carbocycles. The van der Waals surface area contributed by atoms with Crippen molar-refractivity contribution < 1.29 is 14.3 Å². The number of aliphatic imine (C=N–C) groups is 1. The lowest BCUT2D eigenvalue weighted by Crippen LogP contribution is -2.32. The molecule has 0 spiro atoms. The maximum Gasteiger partial charge on any atom is 0.282 e. The molecule has 0 bridgehead atoms. The van der Waals surface area contributed by atoms with Crippen LogP contribution in [0, 0.1) is 0 Å². The van der Waals surface area contributed by atoms with Crippen LogP contribution in [0.5, 0.6) is 11.5 Å². The predicted octanol–water partition coefficient (Wildman–Crippen LogP) is 4.54. The molecule has 5 nitrogen and oxygen atoms in total. The zero-order chi connectivity index (χ0) is 20.2. The van der Waals surface area contributed by atoms with Gasteiger partial charge in [-0.05, 0) is 35.9 Å². The molecule has 3 aromatic rings. The van der Waals surface area contributed by atoms with Crippen molar-refractivity contribution in [3.8, 4) is 11.5 Å². The molecule has 1 amide bonds. The molecule has 0 atom stereocenters. The molecule has 1 aliphatic rings. The molecule has 0 N–H and O–H groups in total. The number of methoxy groups -OCH3 is 2. The van der Waals surface area contributed by atoms with Crippen molar-refractivity contribution in [3.63, 3.8) is 0 Å². The highest BCUT2D eigenvalue weighted by Crippen LogP contribution is 2.30. The number of nitrogens with zero attached hydrogens (tertiary/aromatic N) is 2. The van der Waals surface area contributed by atoms with Gasteiger partial charge in [0, 0.05) is 11.6 Å². The van der Waals surface area contributed by atoms with Crippen LogP contribution in [0.15, 0.2) is 89.6 Å². The van der Waals surface area contributed by atoms with Gasteiger partial charge in [-0.1, -0.05) is 48.5 Å². The lowest BCUT2D eigenvalue weighted by Gasteiger charge is -2.19. The van der Waals surface area contributed by atoms with Gasteiger partial charge in [-0.2, -0.15) is 0 Å². The van der Waals surface area contributed by atoms with Crippen molar-refractivity contribution in [1.82, 2.24) is 0 Å². The van der Waals surface area contributed by atoms with Crippen molar-refractivity contribution >= 4 is 23.5 Å². The fourth-order valence-corrected chi connectivity index (χ4v) is 3.14. The Morgan fingerprint density at radius 3 is 2.24 bits per heavy atom. The third-order valence-corrected chi connectivity index (χ3v) is 4.62. The Morgan fingerprint density at radius 1 is 0.828 bits per heavy atom. The van der Waals surface area contributed by atoms with Crippen LogP contribution in [0.1, 0.15) is 11.1 Å². The number of anilines is 1. The second-order valence-electron chi connectivity index (χ2n) is 6.45. The van der Waals surface area contributed by atoms with Crippen LogP contribution in [0.2, 0.25) is 0 Å². The molecule has 0 saturated heterocycles. The summed E-state index contributed by atoms with van der Waals surface area (Å²) in [4.78, 5) is 19.6. The summed E-state index contributed by atoms with van der Waals surface area (Å²) in [5.41, 5.74) is 2.81. The molecule has 0 unspecified atom stereocenters. The summed E-state index contributed by atoms with van der Waals surface area (Å²) in [6, 6.07) is 24.6. The van der Waals surface area contributed by atoms with Gasteiger partial charge in [0.05, 0.1) is 19.9 Å². The Kier molecular flexibility index (Phi) is 5.12. The summed E-state index contributed by atoms with van der Waals surface area (Å²) in [6.07, 6.45) is 1.78. The number of benzene rings is 3. The number of carbonyl (C=O) groups is 1. The first-order valence-electron chi connectivity index (χ1n) is 9.18. The molecule has 1 aliphatic heterocycles. The van der Waals surface area contributed by atoms with E-state index < -0.39 is 0 Å². The van der Waals surface area contributed by atoms with Crippen LogP contribution in [-0.4, -0.2) is 26.0 Å². The fourth-order valence-electron chi connectivity index (χ4n) is 3.14. The minimum absolute atomic E-state index is 0.187. The van der Waals surface area contributed by atoms with Crippen LogP contribution in [0.3, 0.4) is 0 Å². The van der Waals surface area contributed by atoms with Crippen molar-refractivity contribution in [3.05, 3.63) is 95.7 Å². The first-order chi connectivity index (χ1) is 14.2. The minimum atomic E-state index is -0.187. The number of rotatable bonds is 5. The van der Waals surface area contributed by atoms with E-state index in [4.69, 9.17) is 9.47 Å². The largest absolute Gasteiger partial charge is 0.497 e. The van der Waals surface area contributed by atoms with Crippen LogP contribution in [-0.2, 0) is 4.79 Å². The van der Waals surface area contributed by atoms with Crippen LogP contribution < -0.4 is 14.4 Å². The molecular weight excluding hydrogens is 364 g/mol.